The Morgan fingerprint density at radius 3 is 2.42 bits per heavy atom. The molecule has 0 radical (unpaired) electrons. The van der Waals surface area contributed by atoms with Gasteiger partial charge in [-0.1, -0.05) is 12.1 Å². The summed E-state index contributed by atoms with van der Waals surface area (Å²) in [6.07, 6.45) is 0.680. The number of aromatic nitrogens is 4. The van der Waals surface area contributed by atoms with E-state index >= 15 is 0 Å². The minimum absolute atomic E-state index is 0.0767. The third-order valence-corrected chi connectivity index (χ3v) is 8.07. The van der Waals surface area contributed by atoms with E-state index in [1.54, 1.807) is 30.6 Å². The number of alkyl halides is 3. The number of carbonyl (C=O) groups is 1. The number of halogens is 3. The van der Waals surface area contributed by atoms with Crippen LogP contribution in [-0.4, -0.2) is 68.5 Å². The van der Waals surface area contributed by atoms with E-state index in [-0.39, 0.29) is 23.4 Å². The van der Waals surface area contributed by atoms with Gasteiger partial charge in [0.25, 0.3) is 5.91 Å². The Morgan fingerprint density at radius 1 is 0.933 bits per heavy atom. The van der Waals surface area contributed by atoms with E-state index in [9.17, 15) is 18.0 Å². The van der Waals surface area contributed by atoms with Crippen molar-refractivity contribution >= 4 is 34.1 Å². The molecular weight excluding hydrogens is 581 g/mol. The Hall–Kier alpha value is -4.81. The number of hydrogen-bond acceptors (Lipinski definition) is 7. The van der Waals surface area contributed by atoms with Crippen LogP contribution in [0.25, 0.3) is 22.4 Å². The number of anilines is 3. The van der Waals surface area contributed by atoms with E-state index in [0.29, 0.717) is 30.4 Å². The Kier molecular flexibility index (Phi) is 8.26. The number of nitrogens with zero attached hydrogens (tertiary/aromatic N) is 6. The van der Waals surface area contributed by atoms with Crippen LogP contribution in [0.15, 0.2) is 73.2 Å². The van der Waals surface area contributed by atoms with Gasteiger partial charge in [0.15, 0.2) is 11.6 Å². The van der Waals surface area contributed by atoms with Crippen LogP contribution in [-0.2, 0) is 19.8 Å². The van der Waals surface area contributed by atoms with Crippen LogP contribution in [0.3, 0.4) is 0 Å². The number of amides is 1. The van der Waals surface area contributed by atoms with Gasteiger partial charge in [-0.2, -0.15) is 13.2 Å². The van der Waals surface area contributed by atoms with Gasteiger partial charge >= 0.3 is 6.18 Å². The Labute approximate surface area is 258 Å². The molecule has 9 nitrogen and oxygen atoms in total. The first-order valence-corrected chi connectivity index (χ1v) is 14.6. The van der Waals surface area contributed by atoms with Crippen molar-refractivity contribution in [3.8, 4) is 11.4 Å². The van der Waals surface area contributed by atoms with Crippen molar-refractivity contribution in [2.75, 3.05) is 43.9 Å². The topological polar surface area (TPSA) is 91.2 Å². The highest BCUT2D eigenvalue weighted by Crippen LogP contribution is 2.35. The van der Waals surface area contributed by atoms with Gasteiger partial charge in [0.1, 0.15) is 5.52 Å². The molecule has 12 heteroatoms. The van der Waals surface area contributed by atoms with Crippen LogP contribution in [0.5, 0.6) is 0 Å². The SMILES string of the molecule is Cc1ccc(C(=O)Nc2ccc(CN3CCN(C)CC3)c(C(F)(F)F)c2)cc1Nc1nc(-c2ccncc2)nc2ccn(C)c12. The molecule has 3 aromatic heterocycles. The molecule has 0 atom stereocenters. The average Bonchev–Trinajstić information content (AvgIpc) is 3.40. The van der Waals surface area contributed by atoms with Gasteiger partial charge in [-0.05, 0) is 67.6 Å². The number of pyridine rings is 1. The fourth-order valence-electron chi connectivity index (χ4n) is 5.44. The molecule has 0 spiro atoms. The van der Waals surface area contributed by atoms with Gasteiger partial charge in [0.05, 0.1) is 11.1 Å². The number of benzene rings is 2. The summed E-state index contributed by atoms with van der Waals surface area (Å²) >= 11 is 0. The summed E-state index contributed by atoms with van der Waals surface area (Å²) in [5.41, 5.74) is 3.60. The van der Waals surface area contributed by atoms with E-state index in [0.717, 1.165) is 41.3 Å². The van der Waals surface area contributed by atoms with E-state index in [1.165, 1.54) is 12.1 Å². The standard InChI is InChI=1S/C33H33F3N8O/c1-21-4-5-23(18-28(21)40-31-29-27(10-13-43(29)3)39-30(41-31)22-8-11-37-12-9-22)32(45)38-25-7-6-24(26(19-25)33(34,35)36)20-44-16-14-42(2)15-17-44/h4-13,18-19H,14-17,20H2,1-3H3,(H,38,45)(H,39,40,41). The highest BCUT2D eigenvalue weighted by atomic mass is 19.4. The number of rotatable bonds is 7. The van der Waals surface area contributed by atoms with Crippen molar-refractivity contribution in [2.45, 2.75) is 19.6 Å². The van der Waals surface area contributed by atoms with Crippen LogP contribution in [0.4, 0.5) is 30.4 Å². The summed E-state index contributed by atoms with van der Waals surface area (Å²) in [4.78, 5) is 31.0. The van der Waals surface area contributed by atoms with E-state index < -0.39 is 17.6 Å². The third kappa shape index (κ3) is 6.66. The van der Waals surface area contributed by atoms with Gasteiger partial charge in [-0.25, -0.2) is 9.97 Å². The number of piperazine rings is 1. The molecule has 5 aromatic rings. The number of hydrogen-bond donors (Lipinski definition) is 2. The fourth-order valence-corrected chi connectivity index (χ4v) is 5.44. The Bertz CT molecular complexity index is 1850. The smallest absolute Gasteiger partial charge is 0.346 e. The zero-order valence-electron chi connectivity index (χ0n) is 25.2. The molecular formula is C33H33F3N8O. The maximum atomic E-state index is 14.1. The molecule has 4 heterocycles. The second kappa shape index (κ2) is 12.3. The lowest BCUT2D eigenvalue weighted by atomic mass is 10.0. The lowest BCUT2D eigenvalue weighted by Crippen LogP contribution is -2.44. The second-order valence-electron chi connectivity index (χ2n) is 11.4. The summed E-state index contributed by atoms with van der Waals surface area (Å²) in [5.74, 6) is 0.537. The molecule has 2 aromatic carbocycles. The lowest BCUT2D eigenvalue weighted by Gasteiger charge is -2.33. The summed E-state index contributed by atoms with van der Waals surface area (Å²) in [6.45, 7) is 5.11. The van der Waals surface area contributed by atoms with Crippen LogP contribution in [0.2, 0.25) is 0 Å². The van der Waals surface area contributed by atoms with Crippen LogP contribution in [0.1, 0.15) is 27.0 Å². The van der Waals surface area contributed by atoms with E-state index in [4.69, 9.17) is 9.97 Å². The van der Waals surface area contributed by atoms with E-state index in [2.05, 4.69) is 20.5 Å². The number of aryl methyl sites for hydroxylation is 2. The molecule has 2 N–H and O–H groups in total. The maximum absolute atomic E-state index is 14.1. The summed E-state index contributed by atoms with van der Waals surface area (Å²) < 4.78 is 44.2. The molecule has 0 aliphatic carbocycles. The maximum Gasteiger partial charge on any atom is 0.416 e. The van der Waals surface area contributed by atoms with Gasteiger partial charge in [-0.3, -0.25) is 14.7 Å². The van der Waals surface area contributed by atoms with Crippen molar-refractivity contribution in [1.82, 2.24) is 29.3 Å². The zero-order chi connectivity index (χ0) is 31.7. The van der Waals surface area contributed by atoms with Crippen molar-refractivity contribution in [3.63, 3.8) is 0 Å². The summed E-state index contributed by atoms with van der Waals surface area (Å²) in [6, 6.07) is 14.6. The number of nitrogens with one attached hydrogen (secondary N) is 2. The third-order valence-electron chi connectivity index (χ3n) is 8.07. The number of carbonyl (C=O) groups excluding carboxylic acids is 1. The monoisotopic (exact) mass is 614 g/mol. The second-order valence-corrected chi connectivity index (χ2v) is 11.4. The largest absolute Gasteiger partial charge is 0.416 e. The van der Waals surface area contributed by atoms with Crippen molar-refractivity contribution < 1.29 is 18.0 Å². The Balaban J connectivity index is 1.25. The van der Waals surface area contributed by atoms with Crippen LogP contribution < -0.4 is 10.6 Å². The lowest BCUT2D eigenvalue weighted by molar-refractivity contribution is -0.138. The number of likely N-dealkylation sites (N-methyl/N-ethyl adjacent to an activating group) is 1. The first-order valence-electron chi connectivity index (χ1n) is 14.6. The van der Waals surface area contributed by atoms with E-state index in [1.807, 2.05) is 54.9 Å². The molecule has 0 saturated carbocycles. The highest BCUT2D eigenvalue weighted by Gasteiger charge is 2.34. The average molecular weight is 615 g/mol. The highest BCUT2D eigenvalue weighted by molar-refractivity contribution is 6.05. The molecule has 0 bridgehead atoms. The van der Waals surface area contributed by atoms with Crippen molar-refractivity contribution in [1.29, 1.82) is 0 Å². The molecule has 1 aliphatic heterocycles. The molecule has 1 fully saturated rings. The molecule has 1 saturated heterocycles. The molecule has 0 unspecified atom stereocenters. The normalized spacial score (nSPS) is 14.5. The predicted octanol–water partition coefficient (Wildman–Crippen LogP) is 6.10. The molecule has 232 valence electrons. The summed E-state index contributed by atoms with van der Waals surface area (Å²) in [7, 11) is 3.90. The van der Waals surface area contributed by atoms with Crippen molar-refractivity contribution in [2.24, 2.45) is 7.05 Å². The van der Waals surface area contributed by atoms with Gasteiger partial charge in [-0.15, -0.1) is 0 Å². The number of fused-ring (bicyclic) bond motifs is 1. The molecule has 1 amide bonds. The van der Waals surface area contributed by atoms with Gasteiger partial charge in [0.2, 0.25) is 0 Å². The molecule has 1 aliphatic rings. The quantitative estimate of drug-likeness (QED) is 0.229. The minimum atomic E-state index is -4.56. The van der Waals surface area contributed by atoms with Gasteiger partial charge in [0, 0.05) is 80.9 Å². The van der Waals surface area contributed by atoms with Crippen molar-refractivity contribution in [3.05, 3.63) is 95.4 Å². The molecule has 6 rings (SSSR count). The first kappa shape index (κ1) is 30.2. The zero-order valence-corrected chi connectivity index (χ0v) is 25.2. The van der Waals surface area contributed by atoms with Crippen LogP contribution in [0, 0.1) is 6.92 Å². The fraction of sp³-hybridized carbons (Fsp3) is 0.273. The summed E-state index contributed by atoms with van der Waals surface area (Å²) in [5, 5.41) is 6.03. The predicted molar refractivity (Wildman–Crippen MR) is 168 cm³/mol. The molecule has 45 heavy (non-hydrogen) atoms. The minimum Gasteiger partial charge on any atom is -0.346 e. The van der Waals surface area contributed by atoms with Crippen LogP contribution >= 0.6 is 0 Å². The Morgan fingerprint density at radius 2 is 1.69 bits per heavy atom. The van der Waals surface area contributed by atoms with Gasteiger partial charge < -0.3 is 20.1 Å². The first-order chi connectivity index (χ1) is 21.5.